The molecule has 174 valence electrons. The van der Waals surface area contributed by atoms with Gasteiger partial charge in [0.1, 0.15) is 6.61 Å². The smallest absolute Gasteiger partial charge is 0.248 e. The Morgan fingerprint density at radius 2 is 1.70 bits per heavy atom. The van der Waals surface area contributed by atoms with Gasteiger partial charge in [-0.1, -0.05) is 29.3 Å². The highest BCUT2D eigenvalue weighted by Crippen LogP contribution is 2.35. The van der Waals surface area contributed by atoms with Crippen LogP contribution in [0.2, 0.25) is 5.02 Å². The SMILES string of the molecule is COCC(=O)N1CCN(c2oc(-c3ccc(Cl)cc3)nc2S(=O)(=O)c2ccc(C)cc2)CC1. The number of methoxy groups -OCH3 is 1. The van der Waals surface area contributed by atoms with Crippen LogP contribution in [0.25, 0.3) is 11.5 Å². The largest absolute Gasteiger partial charge is 0.419 e. The minimum Gasteiger partial charge on any atom is -0.419 e. The number of halogens is 1. The number of hydrogen-bond acceptors (Lipinski definition) is 7. The van der Waals surface area contributed by atoms with E-state index >= 15 is 0 Å². The summed E-state index contributed by atoms with van der Waals surface area (Å²) < 4.78 is 38.0. The standard InChI is InChI=1S/C23H24ClN3O5S/c1-16-3-9-19(10-4-16)33(29,30)22-23(27-13-11-26(12-14-27)20(28)15-31-2)32-21(25-22)17-5-7-18(24)8-6-17/h3-10H,11-15H2,1-2H3. The van der Waals surface area contributed by atoms with Gasteiger partial charge in [0.2, 0.25) is 32.5 Å². The van der Waals surface area contributed by atoms with Gasteiger partial charge in [0.15, 0.2) is 0 Å². The normalized spacial score (nSPS) is 14.5. The second-order valence-electron chi connectivity index (χ2n) is 7.75. The predicted molar refractivity (Wildman–Crippen MR) is 124 cm³/mol. The molecule has 0 radical (unpaired) electrons. The van der Waals surface area contributed by atoms with Crippen LogP contribution in [-0.4, -0.2) is 64.1 Å². The van der Waals surface area contributed by atoms with Gasteiger partial charge in [0, 0.05) is 43.9 Å². The average Bonchev–Trinajstić information content (AvgIpc) is 3.26. The van der Waals surface area contributed by atoms with Crippen molar-refractivity contribution in [3.8, 4) is 11.5 Å². The fraction of sp³-hybridized carbons (Fsp3) is 0.304. The van der Waals surface area contributed by atoms with Crippen molar-refractivity contribution >= 4 is 33.2 Å². The van der Waals surface area contributed by atoms with E-state index in [-0.39, 0.29) is 34.2 Å². The molecule has 0 unspecified atom stereocenters. The zero-order valence-electron chi connectivity index (χ0n) is 18.3. The average molecular weight is 490 g/mol. The lowest BCUT2D eigenvalue weighted by Gasteiger charge is -2.34. The van der Waals surface area contributed by atoms with Crippen molar-refractivity contribution in [1.82, 2.24) is 9.88 Å². The van der Waals surface area contributed by atoms with E-state index in [1.165, 1.54) is 7.11 Å². The zero-order chi connectivity index (χ0) is 23.6. The van der Waals surface area contributed by atoms with Crippen LogP contribution in [-0.2, 0) is 19.4 Å². The summed E-state index contributed by atoms with van der Waals surface area (Å²) in [6, 6.07) is 13.4. The zero-order valence-corrected chi connectivity index (χ0v) is 19.9. The Balaban J connectivity index is 1.72. The summed E-state index contributed by atoms with van der Waals surface area (Å²) in [5.74, 6) is 0.244. The summed E-state index contributed by atoms with van der Waals surface area (Å²) in [6.45, 7) is 3.55. The summed E-state index contributed by atoms with van der Waals surface area (Å²) in [7, 11) is -2.47. The van der Waals surface area contributed by atoms with Gasteiger partial charge in [0.25, 0.3) is 0 Å². The van der Waals surface area contributed by atoms with Crippen LogP contribution < -0.4 is 4.90 Å². The van der Waals surface area contributed by atoms with E-state index in [2.05, 4.69) is 4.98 Å². The third-order valence-electron chi connectivity index (χ3n) is 5.44. The number of hydrogen-bond donors (Lipinski definition) is 0. The number of nitrogens with zero attached hydrogens (tertiary/aromatic N) is 3. The highest BCUT2D eigenvalue weighted by atomic mass is 35.5. The van der Waals surface area contributed by atoms with Crippen LogP contribution >= 0.6 is 11.6 Å². The fourth-order valence-corrected chi connectivity index (χ4v) is 5.04. The van der Waals surface area contributed by atoms with Crippen LogP contribution in [0, 0.1) is 6.92 Å². The molecule has 0 saturated carbocycles. The van der Waals surface area contributed by atoms with Crippen molar-refractivity contribution in [3.05, 3.63) is 59.1 Å². The molecular formula is C23H24ClN3O5S. The molecule has 0 N–H and O–H groups in total. The Morgan fingerprint density at radius 1 is 1.06 bits per heavy atom. The molecular weight excluding hydrogens is 466 g/mol. The fourth-order valence-electron chi connectivity index (χ4n) is 3.59. The molecule has 0 spiro atoms. The van der Waals surface area contributed by atoms with E-state index in [0.717, 1.165) is 5.56 Å². The summed E-state index contributed by atoms with van der Waals surface area (Å²) in [5.41, 5.74) is 1.56. The van der Waals surface area contributed by atoms with Gasteiger partial charge in [0.05, 0.1) is 4.90 Å². The quantitative estimate of drug-likeness (QED) is 0.523. The summed E-state index contributed by atoms with van der Waals surface area (Å²) in [5, 5.41) is 0.405. The molecule has 1 saturated heterocycles. The minimum absolute atomic E-state index is 0.01000. The maximum atomic E-state index is 13.5. The van der Waals surface area contributed by atoms with Crippen molar-refractivity contribution in [1.29, 1.82) is 0 Å². The first kappa shape index (κ1) is 23.3. The van der Waals surface area contributed by atoms with Crippen LogP contribution in [0.5, 0.6) is 0 Å². The first-order valence-corrected chi connectivity index (χ1v) is 12.3. The Kier molecular flexibility index (Phi) is 6.73. The third-order valence-corrected chi connectivity index (χ3v) is 7.36. The van der Waals surface area contributed by atoms with Crippen molar-refractivity contribution in [2.24, 2.45) is 0 Å². The molecule has 4 rings (SSSR count). The van der Waals surface area contributed by atoms with Gasteiger partial charge >= 0.3 is 0 Å². The van der Waals surface area contributed by atoms with Crippen molar-refractivity contribution in [2.75, 3.05) is 44.8 Å². The molecule has 2 aromatic carbocycles. The number of ether oxygens (including phenoxy) is 1. The van der Waals surface area contributed by atoms with E-state index < -0.39 is 9.84 Å². The number of benzene rings is 2. The number of sulfone groups is 1. The number of anilines is 1. The van der Waals surface area contributed by atoms with Gasteiger partial charge in [-0.25, -0.2) is 8.42 Å². The van der Waals surface area contributed by atoms with Gasteiger partial charge < -0.3 is 19.0 Å². The van der Waals surface area contributed by atoms with Gasteiger partial charge in [-0.3, -0.25) is 4.79 Å². The second kappa shape index (κ2) is 9.54. The molecule has 0 aliphatic carbocycles. The molecule has 0 bridgehead atoms. The van der Waals surface area contributed by atoms with Gasteiger partial charge in [-0.15, -0.1) is 0 Å². The van der Waals surface area contributed by atoms with Gasteiger partial charge in [-0.2, -0.15) is 4.98 Å². The molecule has 0 atom stereocenters. The molecule has 3 aromatic rings. The summed E-state index contributed by atoms with van der Waals surface area (Å²) >= 11 is 5.99. The Labute approximate surface area is 197 Å². The molecule has 1 amide bonds. The number of carbonyl (C=O) groups is 1. The molecule has 8 nitrogen and oxygen atoms in total. The number of carbonyl (C=O) groups excluding carboxylic acids is 1. The van der Waals surface area contributed by atoms with E-state index in [0.29, 0.717) is 36.8 Å². The number of aromatic nitrogens is 1. The topological polar surface area (TPSA) is 92.9 Å². The molecule has 10 heteroatoms. The molecule has 33 heavy (non-hydrogen) atoms. The maximum Gasteiger partial charge on any atom is 0.248 e. The molecule has 1 fully saturated rings. The predicted octanol–water partition coefficient (Wildman–Crippen LogP) is 3.43. The van der Waals surface area contributed by atoms with E-state index in [4.69, 9.17) is 20.8 Å². The number of piperazine rings is 1. The van der Waals surface area contributed by atoms with Crippen LogP contribution in [0.4, 0.5) is 5.88 Å². The highest BCUT2D eigenvalue weighted by Gasteiger charge is 2.33. The first-order chi connectivity index (χ1) is 15.8. The number of aryl methyl sites for hydroxylation is 1. The molecule has 1 aromatic heterocycles. The Hall–Kier alpha value is -2.88. The minimum atomic E-state index is -3.94. The van der Waals surface area contributed by atoms with Crippen LogP contribution in [0.15, 0.2) is 62.9 Å². The number of oxazole rings is 1. The lowest BCUT2D eigenvalue weighted by molar-refractivity contribution is -0.135. The van der Waals surface area contributed by atoms with E-state index in [1.807, 2.05) is 11.8 Å². The monoisotopic (exact) mass is 489 g/mol. The van der Waals surface area contributed by atoms with E-state index in [1.54, 1.807) is 53.4 Å². The number of amides is 1. The van der Waals surface area contributed by atoms with Crippen molar-refractivity contribution < 1.29 is 22.4 Å². The van der Waals surface area contributed by atoms with E-state index in [9.17, 15) is 13.2 Å². The van der Waals surface area contributed by atoms with Crippen molar-refractivity contribution in [2.45, 2.75) is 16.8 Å². The maximum absolute atomic E-state index is 13.5. The first-order valence-electron chi connectivity index (χ1n) is 10.4. The molecule has 2 heterocycles. The lowest BCUT2D eigenvalue weighted by atomic mass is 10.2. The Morgan fingerprint density at radius 3 is 2.30 bits per heavy atom. The highest BCUT2D eigenvalue weighted by molar-refractivity contribution is 7.91. The van der Waals surface area contributed by atoms with Crippen molar-refractivity contribution in [3.63, 3.8) is 0 Å². The third kappa shape index (κ3) is 4.90. The molecule has 1 aliphatic heterocycles. The summed E-state index contributed by atoms with van der Waals surface area (Å²) in [4.78, 5) is 20.2. The summed E-state index contributed by atoms with van der Waals surface area (Å²) in [6.07, 6.45) is 0. The second-order valence-corrected chi connectivity index (χ2v) is 10.1. The molecule has 1 aliphatic rings. The van der Waals surface area contributed by atoms with Crippen LogP contribution in [0.3, 0.4) is 0 Å². The number of rotatable bonds is 6. The van der Waals surface area contributed by atoms with Crippen LogP contribution in [0.1, 0.15) is 5.56 Å². The van der Waals surface area contributed by atoms with Gasteiger partial charge in [-0.05, 0) is 43.3 Å². The Bertz CT molecular complexity index is 1230. The lowest BCUT2D eigenvalue weighted by Crippen LogP contribution is -2.49.